The molecule has 0 spiro atoms. The Kier molecular flexibility index (Phi) is 7.59. The zero-order valence-electron chi connectivity index (χ0n) is 13.7. The Bertz CT molecular complexity index is 590. The molecule has 0 radical (unpaired) electrons. The second-order valence-electron chi connectivity index (χ2n) is 5.53. The van der Waals surface area contributed by atoms with E-state index in [0.29, 0.717) is 21.6 Å². The first kappa shape index (κ1) is 19.5. The zero-order chi connectivity index (χ0) is 17.6. The average Bonchev–Trinajstić information content (AvgIpc) is 2.35. The maximum absolute atomic E-state index is 11.9. The van der Waals surface area contributed by atoms with E-state index in [1.807, 2.05) is 13.8 Å². The van der Waals surface area contributed by atoms with Crippen LogP contribution in [0.4, 0.5) is 5.69 Å². The smallest absolute Gasteiger partial charge is 0.334 e. The molecule has 0 saturated heterocycles. The molecule has 6 heteroatoms. The van der Waals surface area contributed by atoms with Gasteiger partial charge in [0, 0.05) is 15.6 Å². The summed E-state index contributed by atoms with van der Waals surface area (Å²) >= 11 is 11.9. The standard InChI is InChI=1S/C17H21Cl2NO3/c1-10(2)22-16(6-12(5)17(21)23-11(3)4)20-15-8-13(18)7-14(19)9-15/h7-11H,5-6H2,1-4H3. The van der Waals surface area contributed by atoms with Crippen LogP contribution in [0.3, 0.4) is 0 Å². The molecule has 0 aliphatic heterocycles. The van der Waals surface area contributed by atoms with Crippen LogP contribution in [-0.2, 0) is 14.3 Å². The van der Waals surface area contributed by atoms with Crippen LogP contribution in [0.2, 0.25) is 10.0 Å². The predicted octanol–water partition coefficient (Wildman–Crippen LogP) is 5.35. The molecular weight excluding hydrogens is 337 g/mol. The summed E-state index contributed by atoms with van der Waals surface area (Å²) in [4.78, 5) is 16.2. The lowest BCUT2D eigenvalue weighted by atomic mass is 10.2. The minimum Gasteiger partial charge on any atom is -0.478 e. The minimum absolute atomic E-state index is 0.0997. The lowest BCUT2D eigenvalue weighted by molar-refractivity contribution is -0.142. The quantitative estimate of drug-likeness (QED) is 0.298. The van der Waals surface area contributed by atoms with Crippen LogP contribution in [0.5, 0.6) is 0 Å². The van der Waals surface area contributed by atoms with Crippen LogP contribution in [0.1, 0.15) is 34.1 Å². The highest BCUT2D eigenvalue weighted by Crippen LogP contribution is 2.25. The number of rotatable bonds is 6. The minimum atomic E-state index is -0.468. The SMILES string of the molecule is C=C(CC(=Nc1cc(Cl)cc(Cl)c1)OC(C)C)C(=O)OC(C)C. The van der Waals surface area contributed by atoms with Crippen molar-refractivity contribution < 1.29 is 14.3 Å². The van der Waals surface area contributed by atoms with Crippen molar-refractivity contribution in [3.63, 3.8) is 0 Å². The van der Waals surface area contributed by atoms with Gasteiger partial charge in [-0.1, -0.05) is 29.8 Å². The Morgan fingerprint density at radius 1 is 1.09 bits per heavy atom. The van der Waals surface area contributed by atoms with E-state index < -0.39 is 5.97 Å². The number of benzene rings is 1. The van der Waals surface area contributed by atoms with Gasteiger partial charge < -0.3 is 9.47 Å². The van der Waals surface area contributed by atoms with Crippen LogP contribution in [-0.4, -0.2) is 24.1 Å². The number of ether oxygens (including phenoxy) is 2. The normalized spacial score (nSPS) is 11.7. The number of hydrogen-bond acceptors (Lipinski definition) is 4. The van der Waals surface area contributed by atoms with Gasteiger partial charge in [-0.15, -0.1) is 0 Å². The lowest BCUT2D eigenvalue weighted by Gasteiger charge is -2.14. The maximum atomic E-state index is 11.9. The summed E-state index contributed by atoms with van der Waals surface area (Å²) < 4.78 is 10.8. The molecule has 1 aromatic carbocycles. The van der Waals surface area contributed by atoms with Crippen LogP contribution in [0.15, 0.2) is 35.3 Å². The van der Waals surface area contributed by atoms with Gasteiger partial charge in [0.25, 0.3) is 0 Å². The van der Waals surface area contributed by atoms with Gasteiger partial charge in [0.2, 0.25) is 0 Å². The van der Waals surface area contributed by atoms with E-state index in [9.17, 15) is 4.79 Å². The third-order valence-corrected chi connectivity index (χ3v) is 2.91. The molecule has 1 rings (SSSR count). The van der Waals surface area contributed by atoms with Crippen molar-refractivity contribution in [2.24, 2.45) is 4.99 Å². The first-order valence-corrected chi connectivity index (χ1v) is 8.02. The molecule has 126 valence electrons. The largest absolute Gasteiger partial charge is 0.478 e. The van der Waals surface area contributed by atoms with Crippen molar-refractivity contribution in [3.05, 3.63) is 40.4 Å². The molecule has 0 unspecified atom stereocenters. The molecule has 4 nitrogen and oxygen atoms in total. The van der Waals surface area contributed by atoms with Crippen molar-refractivity contribution in [1.29, 1.82) is 0 Å². The van der Waals surface area contributed by atoms with Crippen LogP contribution in [0, 0.1) is 0 Å². The number of carbonyl (C=O) groups excluding carboxylic acids is 1. The third-order valence-electron chi connectivity index (χ3n) is 2.47. The topological polar surface area (TPSA) is 47.9 Å². The number of hydrogen-bond donors (Lipinski definition) is 0. The van der Waals surface area contributed by atoms with E-state index >= 15 is 0 Å². The number of esters is 1. The molecule has 1 aromatic rings. The summed E-state index contributed by atoms with van der Waals surface area (Å²) in [6.07, 6.45) is -0.164. The molecule has 0 aliphatic rings. The van der Waals surface area contributed by atoms with Gasteiger partial charge in [0.05, 0.1) is 24.3 Å². The molecule has 0 heterocycles. The molecule has 0 fully saturated rings. The van der Waals surface area contributed by atoms with Crippen molar-refractivity contribution in [3.8, 4) is 0 Å². The molecule has 0 saturated carbocycles. The van der Waals surface area contributed by atoms with Crippen molar-refractivity contribution in [1.82, 2.24) is 0 Å². The Morgan fingerprint density at radius 3 is 2.09 bits per heavy atom. The van der Waals surface area contributed by atoms with Gasteiger partial charge in [-0.2, -0.15) is 0 Å². The Morgan fingerprint density at radius 2 is 1.61 bits per heavy atom. The molecular formula is C17H21Cl2NO3. The van der Waals surface area contributed by atoms with Crippen LogP contribution >= 0.6 is 23.2 Å². The van der Waals surface area contributed by atoms with E-state index in [2.05, 4.69) is 11.6 Å². The highest BCUT2D eigenvalue weighted by Gasteiger charge is 2.15. The second kappa shape index (κ2) is 8.94. The summed E-state index contributed by atoms with van der Waals surface area (Å²) in [5.74, 6) is -0.117. The number of nitrogens with zero attached hydrogens (tertiary/aromatic N) is 1. The van der Waals surface area contributed by atoms with Crippen molar-refractivity contribution >= 4 is 40.8 Å². The Labute approximate surface area is 147 Å². The zero-order valence-corrected chi connectivity index (χ0v) is 15.2. The fourth-order valence-electron chi connectivity index (χ4n) is 1.68. The molecule has 0 aromatic heterocycles. The van der Waals surface area contributed by atoms with Crippen molar-refractivity contribution in [2.45, 2.75) is 46.3 Å². The van der Waals surface area contributed by atoms with E-state index in [-0.39, 0.29) is 24.2 Å². The monoisotopic (exact) mass is 357 g/mol. The van der Waals surface area contributed by atoms with Gasteiger partial charge >= 0.3 is 5.97 Å². The van der Waals surface area contributed by atoms with Gasteiger partial charge in [-0.05, 0) is 45.9 Å². The first-order valence-electron chi connectivity index (χ1n) is 7.26. The van der Waals surface area contributed by atoms with Gasteiger partial charge in [-0.25, -0.2) is 9.79 Å². The maximum Gasteiger partial charge on any atom is 0.334 e. The van der Waals surface area contributed by atoms with Crippen LogP contribution < -0.4 is 0 Å². The van der Waals surface area contributed by atoms with Crippen LogP contribution in [0.25, 0.3) is 0 Å². The molecule has 23 heavy (non-hydrogen) atoms. The second-order valence-corrected chi connectivity index (χ2v) is 6.41. The van der Waals surface area contributed by atoms with Crippen molar-refractivity contribution in [2.75, 3.05) is 0 Å². The van der Waals surface area contributed by atoms with Gasteiger partial charge in [0.1, 0.15) is 0 Å². The average molecular weight is 358 g/mol. The number of carbonyl (C=O) groups is 1. The molecule has 0 amide bonds. The fraction of sp³-hybridized carbons (Fsp3) is 0.412. The van der Waals surface area contributed by atoms with Gasteiger partial charge in [-0.3, -0.25) is 0 Å². The van der Waals surface area contributed by atoms with E-state index in [1.54, 1.807) is 32.0 Å². The van der Waals surface area contributed by atoms with E-state index in [1.165, 1.54) is 0 Å². The summed E-state index contributed by atoms with van der Waals surface area (Å²) in [6, 6.07) is 4.93. The summed E-state index contributed by atoms with van der Waals surface area (Å²) in [6.45, 7) is 11.0. The number of aliphatic imine (C=N–C) groups is 1. The fourth-order valence-corrected chi connectivity index (χ4v) is 2.19. The molecule has 0 bridgehead atoms. The molecule has 0 N–H and O–H groups in total. The van der Waals surface area contributed by atoms with E-state index in [4.69, 9.17) is 32.7 Å². The highest BCUT2D eigenvalue weighted by molar-refractivity contribution is 6.35. The third kappa shape index (κ3) is 7.53. The predicted molar refractivity (Wildman–Crippen MR) is 94.8 cm³/mol. The summed E-state index contributed by atoms with van der Waals surface area (Å²) in [7, 11) is 0. The summed E-state index contributed by atoms with van der Waals surface area (Å²) in [5.41, 5.74) is 0.814. The Hall–Kier alpha value is -1.52. The Balaban J connectivity index is 2.97. The van der Waals surface area contributed by atoms with E-state index in [0.717, 1.165) is 0 Å². The molecule has 0 atom stereocenters. The molecule has 0 aliphatic carbocycles. The van der Waals surface area contributed by atoms with Gasteiger partial charge in [0.15, 0.2) is 5.90 Å². The summed E-state index contributed by atoms with van der Waals surface area (Å²) in [5, 5.41) is 0.941. The highest BCUT2D eigenvalue weighted by atomic mass is 35.5. The lowest BCUT2D eigenvalue weighted by Crippen LogP contribution is -2.18. The number of halogens is 2. The first-order chi connectivity index (χ1) is 10.7.